The van der Waals surface area contributed by atoms with Crippen LogP contribution < -0.4 is 19.7 Å². The van der Waals surface area contributed by atoms with Crippen LogP contribution in [0.2, 0.25) is 5.02 Å². The van der Waals surface area contributed by atoms with E-state index in [1.54, 1.807) is 43.4 Å². The van der Waals surface area contributed by atoms with E-state index in [0.717, 1.165) is 5.56 Å². The Labute approximate surface area is 163 Å². The van der Waals surface area contributed by atoms with Crippen LogP contribution >= 0.6 is 11.6 Å². The largest absolute Gasteiger partial charge is 0.497 e. The van der Waals surface area contributed by atoms with E-state index in [9.17, 15) is 9.59 Å². The van der Waals surface area contributed by atoms with Gasteiger partial charge < -0.3 is 19.7 Å². The molecule has 6 nitrogen and oxygen atoms in total. The molecule has 3 rings (SSSR count). The Morgan fingerprint density at radius 2 is 2.00 bits per heavy atom. The summed E-state index contributed by atoms with van der Waals surface area (Å²) < 4.78 is 10.6. The van der Waals surface area contributed by atoms with Crippen molar-refractivity contribution in [2.45, 2.75) is 13.0 Å². The minimum Gasteiger partial charge on any atom is -0.497 e. The summed E-state index contributed by atoms with van der Waals surface area (Å²) in [7, 11) is 3.10. The molecular weight excluding hydrogens is 368 g/mol. The molecule has 2 amide bonds. The van der Waals surface area contributed by atoms with Crippen LogP contribution in [0.25, 0.3) is 0 Å². The molecule has 1 aliphatic heterocycles. The molecule has 1 saturated heterocycles. The lowest BCUT2D eigenvalue weighted by Gasteiger charge is -2.20. The summed E-state index contributed by atoms with van der Waals surface area (Å²) in [5.41, 5.74) is 1.44. The number of amides is 2. The fraction of sp³-hybridized carbons (Fsp3) is 0.300. The number of carbonyl (C=O) groups is 2. The topological polar surface area (TPSA) is 67.9 Å². The summed E-state index contributed by atoms with van der Waals surface area (Å²) in [5.74, 6) is 0.439. The smallest absolute Gasteiger partial charge is 0.227 e. The minimum atomic E-state index is -0.434. The second-order valence-corrected chi connectivity index (χ2v) is 6.66. The third-order valence-corrected chi connectivity index (χ3v) is 4.95. The van der Waals surface area contributed by atoms with Crippen molar-refractivity contribution in [1.29, 1.82) is 0 Å². The van der Waals surface area contributed by atoms with Crippen molar-refractivity contribution in [3.63, 3.8) is 0 Å². The molecule has 1 aliphatic rings. The van der Waals surface area contributed by atoms with Crippen molar-refractivity contribution < 1.29 is 19.1 Å². The second kappa shape index (κ2) is 8.31. The number of methoxy groups -OCH3 is 2. The number of hydrogen-bond acceptors (Lipinski definition) is 4. The van der Waals surface area contributed by atoms with Gasteiger partial charge in [-0.25, -0.2) is 0 Å². The monoisotopic (exact) mass is 388 g/mol. The van der Waals surface area contributed by atoms with E-state index >= 15 is 0 Å². The molecule has 2 aromatic carbocycles. The van der Waals surface area contributed by atoms with Crippen LogP contribution in [0, 0.1) is 5.92 Å². The lowest BCUT2D eigenvalue weighted by Crippen LogP contribution is -2.32. The van der Waals surface area contributed by atoms with E-state index in [0.29, 0.717) is 28.8 Å². The van der Waals surface area contributed by atoms with Gasteiger partial charge in [0.1, 0.15) is 11.5 Å². The summed E-state index contributed by atoms with van der Waals surface area (Å²) in [6, 6.07) is 12.6. The Morgan fingerprint density at radius 3 is 2.70 bits per heavy atom. The number of nitrogens with one attached hydrogen (secondary N) is 1. The summed E-state index contributed by atoms with van der Waals surface area (Å²) >= 11 is 6.12. The van der Waals surface area contributed by atoms with Gasteiger partial charge in [-0.3, -0.25) is 9.59 Å². The van der Waals surface area contributed by atoms with Gasteiger partial charge in [0, 0.05) is 30.6 Å². The average Bonchev–Trinajstić information content (AvgIpc) is 3.08. The molecule has 1 unspecified atom stereocenters. The SMILES string of the molecule is COc1ccc(OC)c(N2CC(C(=O)NCc3ccccc3Cl)CC2=O)c1. The van der Waals surface area contributed by atoms with Crippen molar-refractivity contribution in [1.82, 2.24) is 5.32 Å². The van der Waals surface area contributed by atoms with E-state index in [2.05, 4.69) is 5.32 Å². The van der Waals surface area contributed by atoms with Crippen molar-refractivity contribution in [3.05, 3.63) is 53.1 Å². The average molecular weight is 389 g/mol. The maximum absolute atomic E-state index is 12.5. The summed E-state index contributed by atoms with van der Waals surface area (Å²) in [5, 5.41) is 3.47. The molecule has 27 heavy (non-hydrogen) atoms. The molecule has 7 heteroatoms. The first-order valence-corrected chi connectivity index (χ1v) is 8.94. The van der Waals surface area contributed by atoms with Gasteiger partial charge in [-0.15, -0.1) is 0 Å². The van der Waals surface area contributed by atoms with E-state index in [1.807, 2.05) is 18.2 Å². The van der Waals surface area contributed by atoms with Crippen LogP contribution in [0.1, 0.15) is 12.0 Å². The first-order valence-electron chi connectivity index (χ1n) is 8.57. The molecule has 1 N–H and O–H groups in total. The van der Waals surface area contributed by atoms with Crippen molar-refractivity contribution in [2.24, 2.45) is 5.92 Å². The predicted octanol–water partition coefficient (Wildman–Crippen LogP) is 3.03. The number of halogens is 1. The van der Waals surface area contributed by atoms with Gasteiger partial charge in [-0.05, 0) is 23.8 Å². The number of nitrogens with zero attached hydrogens (tertiary/aromatic N) is 1. The Hall–Kier alpha value is -2.73. The van der Waals surface area contributed by atoms with E-state index in [1.165, 1.54) is 0 Å². The van der Waals surface area contributed by atoms with Crippen LogP contribution in [-0.2, 0) is 16.1 Å². The molecule has 1 fully saturated rings. The van der Waals surface area contributed by atoms with Gasteiger partial charge in [0.25, 0.3) is 0 Å². The first kappa shape index (κ1) is 19.0. The third kappa shape index (κ3) is 4.17. The molecule has 1 heterocycles. The van der Waals surface area contributed by atoms with Crippen LogP contribution in [0.15, 0.2) is 42.5 Å². The maximum atomic E-state index is 12.5. The van der Waals surface area contributed by atoms with Gasteiger partial charge in [0.2, 0.25) is 11.8 Å². The lowest BCUT2D eigenvalue weighted by atomic mass is 10.1. The van der Waals surface area contributed by atoms with Crippen molar-refractivity contribution >= 4 is 29.1 Å². The standard InChI is InChI=1S/C20H21ClN2O4/c1-26-15-7-8-18(27-2)17(10-15)23-12-14(9-19(23)24)20(25)22-11-13-5-3-4-6-16(13)21/h3-8,10,14H,9,11-12H2,1-2H3,(H,22,25). The first-order chi connectivity index (χ1) is 13.0. The molecule has 0 spiro atoms. The third-order valence-electron chi connectivity index (χ3n) is 4.58. The number of ether oxygens (including phenoxy) is 2. The fourth-order valence-electron chi connectivity index (χ4n) is 3.09. The Kier molecular flexibility index (Phi) is 5.86. The van der Waals surface area contributed by atoms with E-state index < -0.39 is 5.92 Å². The van der Waals surface area contributed by atoms with Gasteiger partial charge >= 0.3 is 0 Å². The van der Waals surface area contributed by atoms with Crippen LogP contribution in [0.5, 0.6) is 11.5 Å². The van der Waals surface area contributed by atoms with E-state index in [-0.39, 0.29) is 24.8 Å². The number of hydrogen-bond donors (Lipinski definition) is 1. The van der Waals surface area contributed by atoms with Crippen LogP contribution in [-0.4, -0.2) is 32.6 Å². The quantitative estimate of drug-likeness (QED) is 0.826. The van der Waals surface area contributed by atoms with Crippen molar-refractivity contribution in [3.8, 4) is 11.5 Å². The predicted molar refractivity (Wildman–Crippen MR) is 103 cm³/mol. The molecule has 142 valence electrons. The van der Waals surface area contributed by atoms with E-state index in [4.69, 9.17) is 21.1 Å². The number of benzene rings is 2. The van der Waals surface area contributed by atoms with Crippen molar-refractivity contribution in [2.75, 3.05) is 25.7 Å². The Morgan fingerprint density at radius 1 is 1.22 bits per heavy atom. The number of carbonyl (C=O) groups excluding carboxylic acids is 2. The fourth-order valence-corrected chi connectivity index (χ4v) is 3.29. The molecule has 0 radical (unpaired) electrons. The van der Waals surface area contributed by atoms with Gasteiger partial charge in [0.05, 0.1) is 25.8 Å². The summed E-state index contributed by atoms with van der Waals surface area (Å²) in [6.45, 7) is 0.613. The van der Waals surface area contributed by atoms with Crippen LogP contribution in [0.3, 0.4) is 0 Å². The zero-order chi connectivity index (χ0) is 19.4. The van der Waals surface area contributed by atoms with Gasteiger partial charge in [-0.1, -0.05) is 29.8 Å². The molecule has 0 bridgehead atoms. The molecule has 0 aromatic heterocycles. The Balaban J connectivity index is 1.70. The molecule has 0 aliphatic carbocycles. The molecule has 1 atom stereocenters. The zero-order valence-electron chi connectivity index (χ0n) is 15.2. The zero-order valence-corrected chi connectivity index (χ0v) is 16.0. The summed E-state index contributed by atoms with van der Waals surface area (Å²) in [4.78, 5) is 26.6. The molecule has 0 saturated carbocycles. The Bertz CT molecular complexity index is 856. The highest BCUT2D eigenvalue weighted by atomic mass is 35.5. The summed E-state index contributed by atoms with van der Waals surface area (Å²) in [6.07, 6.45) is 0.148. The molecule has 2 aromatic rings. The number of rotatable bonds is 6. The molecular formula is C20H21ClN2O4. The normalized spacial score (nSPS) is 16.3. The lowest BCUT2D eigenvalue weighted by molar-refractivity contribution is -0.126. The van der Waals surface area contributed by atoms with Crippen LogP contribution in [0.4, 0.5) is 5.69 Å². The second-order valence-electron chi connectivity index (χ2n) is 6.25. The van der Waals surface area contributed by atoms with Gasteiger partial charge in [0.15, 0.2) is 0 Å². The highest BCUT2D eigenvalue weighted by Gasteiger charge is 2.36. The van der Waals surface area contributed by atoms with Gasteiger partial charge in [-0.2, -0.15) is 0 Å². The highest BCUT2D eigenvalue weighted by Crippen LogP contribution is 2.36. The maximum Gasteiger partial charge on any atom is 0.227 e. The minimum absolute atomic E-state index is 0.126. The number of anilines is 1. The highest BCUT2D eigenvalue weighted by molar-refractivity contribution is 6.31.